The quantitative estimate of drug-likeness (QED) is 0.497. The maximum absolute atomic E-state index is 12.5. The predicted molar refractivity (Wildman–Crippen MR) is 77.4 cm³/mol. The van der Waals surface area contributed by atoms with Crippen LogP contribution >= 0.6 is 0 Å². The lowest BCUT2D eigenvalue weighted by atomic mass is 10.1. The molecule has 1 atom stereocenters. The van der Waals surface area contributed by atoms with Crippen LogP contribution in [0, 0.1) is 12.3 Å². The summed E-state index contributed by atoms with van der Waals surface area (Å²) in [5, 5.41) is 2.44. The van der Waals surface area contributed by atoms with Crippen LogP contribution in [0.25, 0.3) is 0 Å². The number of alkyl halides is 3. The van der Waals surface area contributed by atoms with Gasteiger partial charge in [0.15, 0.2) is 0 Å². The Morgan fingerprint density at radius 3 is 2.39 bits per heavy atom. The van der Waals surface area contributed by atoms with Gasteiger partial charge in [-0.25, -0.2) is 4.79 Å². The van der Waals surface area contributed by atoms with E-state index in [4.69, 9.17) is 6.42 Å². The van der Waals surface area contributed by atoms with Crippen LogP contribution in [0.1, 0.15) is 35.2 Å². The third-order valence-electron chi connectivity index (χ3n) is 3.08. The van der Waals surface area contributed by atoms with Crippen molar-refractivity contribution in [1.82, 2.24) is 5.32 Å². The lowest BCUT2D eigenvalue weighted by Gasteiger charge is -2.16. The van der Waals surface area contributed by atoms with E-state index < -0.39 is 29.7 Å². The summed E-state index contributed by atoms with van der Waals surface area (Å²) in [6.45, 7) is 0. The molecule has 1 aromatic rings. The highest BCUT2D eigenvalue weighted by molar-refractivity contribution is 5.96. The number of rotatable bonds is 6. The molecular weight excluding hydrogens is 311 g/mol. The first kappa shape index (κ1) is 18.6. The lowest BCUT2D eigenvalue weighted by molar-refractivity contribution is -0.143. The molecule has 0 fully saturated rings. The molecule has 4 nitrogen and oxygen atoms in total. The standard InChI is InChI=1S/C16H16F3NO3/c1-3-4-5-6-13(15(22)23-2)20-14(21)11-7-9-12(10-8-11)16(17,18)19/h1,7-10,13H,4-6H2,2H3,(H,20,21)/t13-/m0/s1. The van der Waals surface area contributed by atoms with Gasteiger partial charge in [-0.1, -0.05) is 0 Å². The molecule has 0 aliphatic rings. The van der Waals surface area contributed by atoms with Gasteiger partial charge < -0.3 is 10.1 Å². The van der Waals surface area contributed by atoms with Crippen molar-refractivity contribution in [2.24, 2.45) is 0 Å². The van der Waals surface area contributed by atoms with Gasteiger partial charge in [-0.05, 0) is 37.1 Å². The van der Waals surface area contributed by atoms with E-state index in [1.165, 1.54) is 7.11 Å². The number of carbonyl (C=O) groups excluding carboxylic acids is 2. The molecule has 1 amide bonds. The highest BCUT2D eigenvalue weighted by Gasteiger charge is 2.30. The first-order valence-corrected chi connectivity index (χ1v) is 6.79. The number of esters is 1. The number of ether oxygens (including phenoxy) is 1. The van der Waals surface area contributed by atoms with Crippen LogP contribution < -0.4 is 5.32 Å². The summed E-state index contributed by atoms with van der Waals surface area (Å²) in [7, 11) is 1.18. The van der Waals surface area contributed by atoms with E-state index >= 15 is 0 Å². The molecular formula is C16H16F3NO3. The summed E-state index contributed by atoms with van der Waals surface area (Å²) in [6, 6.07) is 2.81. The van der Waals surface area contributed by atoms with Crippen LogP contribution in [0.3, 0.4) is 0 Å². The fourth-order valence-electron chi connectivity index (χ4n) is 1.85. The molecule has 0 saturated carbocycles. The SMILES string of the molecule is C#CCCC[C@H](NC(=O)c1ccc(C(F)(F)F)cc1)C(=O)OC. The van der Waals surface area contributed by atoms with Crippen molar-refractivity contribution >= 4 is 11.9 Å². The van der Waals surface area contributed by atoms with Crippen LogP contribution in [0.15, 0.2) is 24.3 Å². The second kappa shape index (κ2) is 8.22. The normalized spacial score (nSPS) is 12.1. The zero-order chi connectivity index (χ0) is 17.5. The number of amides is 1. The lowest BCUT2D eigenvalue weighted by Crippen LogP contribution is -2.41. The van der Waals surface area contributed by atoms with Gasteiger partial charge in [-0.3, -0.25) is 4.79 Å². The minimum Gasteiger partial charge on any atom is -0.467 e. The molecule has 0 spiro atoms. The Bertz CT molecular complexity index is 588. The monoisotopic (exact) mass is 327 g/mol. The summed E-state index contributed by atoms with van der Waals surface area (Å²) in [5.74, 6) is 1.12. The molecule has 0 aliphatic carbocycles. The van der Waals surface area contributed by atoms with E-state index in [0.29, 0.717) is 12.8 Å². The van der Waals surface area contributed by atoms with Gasteiger partial charge in [0, 0.05) is 12.0 Å². The number of nitrogens with one attached hydrogen (secondary N) is 1. The number of terminal acetylenes is 1. The van der Waals surface area contributed by atoms with E-state index in [2.05, 4.69) is 16.0 Å². The molecule has 0 aromatic heterocycles. The second-order valence-corrected chi connectivity index (χ2v) is 4.72. The summed E-state index contributed by atoms with van der Waals surface area (Å²) in [6.07, 6.45) is 1.86. The van der Waals surface area contributed by atoms with Crippen molar-refractivity contribution in [3.8, 4) is 12.3 Å². The van der Waals surface area contributed by atoms with Crippen LogP contribution in [0.5, 0.6) is 0 Å². The molecule has 0 radical (unpaired) electrons. The summed E-state index contributed by atoms with van der Waals surface area (Å²) in [5.41, 5.74) is -0.837. The topological polar surface area (TPSA) is 55.4 Å². The summed E-state index contributed by atoms with van der Waals surface area (Å²) < 4.78 is 42.0. The molecule has 1 aromatic carbocycles. The number of methoxy groups -OCH3 is 1. The maximum atomic E-state index is 12.5. The van der Waals surface area contributed by atoms with Crippen LogP contribution in [0.2, 0.25) is 0 Å². The van der Waals surface area contributed by atoms with Crippen molar-refractivity contribution in [1.29, 1.82) is 0 Å². The average molecular weight is 327 g/mol. The Hall–Kier alpha value is -2.49. The van der Waals surface area contributed by atoms with E-state index in [1.54, 1.807) is 0 Å². The van der Waals surface area contributed by atoms with Crippen molar-refractivity contribution < 1.29 is 27.5 Å². The Balaban J connectivity index is 2.78. The minimum atomic E-state index is -4.47. The van der Waals surface area contributed by atoms with Crippen LogP contribution in [0.4, 0.5) is 13.2 Å². The largest absolute Gasteiger partial charge is 0.467 e. The number of hydrogen-bond acceptors (Lipinski definition) is 3. The van der Waals surface area contributed by atoms with Crippen molar-refractivity contribution in [3.05, 3.63) is 35.4 Å². The molecule has 0 heterocycles. The third-order valence-corrected chi connectivity index (χ3v) is 3.08. The number of hydrogen-bond donors (Lipinski definition) is 1. The van der Waals surface area contributed by atoms with E-state index in [0.717, 1.165) is 24.3 Å². The first-order chi connectivity index (χ1) is 10.8. The van der Waals surface area contributed by atoms with Gasteiger partial charge in [-0.2, -0.15) is 13.2 Å². The molecule has 0 saturated heterocycles. The maximum Gasteiger partial charge on any atom is 0.416 e. The number of benzene rings is 1. The van der Waals surface area contributed by atoms with E-state index in [-0.39, 0.29) is 12.0 Å². The predicted octanol–water partition coefficient (Wildman–Crippen LogP) is 2.78. The van der Waals surface area contributed by atoms with E-state index in [1.807, 2.05) is 0 Å². The fraction of sp³-hybridized carbons (Fsp3) is 0.375. The number of unbranched alkanes of at least 4 members (excludes halogenated alkanes) is 1. The second-order valence-electron chi connectivity index (χ2n) is 4.72. The molecule has 7 heteroatoms. The van der Waals surface area contributed by atoms with Crippen LogP contribution in [-0.4, -0.2) is 25.0 Å². The third kappa shape index (κ3) is 5.66. The summed E-state index contributed by atoms with van der Waals surface area (Å²) in [4.78, 5) is 23.6. The highest BCUT2D eigenvalue weighted by Crippen LogP contribution is 2.29. The number of carbonyl (C=O) groups is 2. The molecule has 1 N–H and O–H groups in total. The van der Waals surface area contributed by atoms with Gasteiger partial charge in [0.05, 0.1) is 12.7 Å². The molecule has 1 rings (SSSR count). The van der Waals surface area contributed by atoms with Crippen molar-refractivity contribution in [2.75, 3.05) is 7.11 Å². The zero-order valence-corrected chi connectivity index (χ0v) is 12.4. The molecule has 0 aliphatic heterocycles. The van der Waals surface area contributed by atoms with Gasteiger partial charge in [0.25, 0.3) is 5.91 Å². The van der Waals surface area contributed by atoms with Crippen LogP contribution in [-0.2, 0) is 15.7 Å². The zero-order valence-electron chi connectivity index (χ0n) is 12.4. The Kier molecular flexibility index (Phi) is 6.64. The number of halogens is 3. The molecule has 23 heavy (non-hydrogen) atoms. The van der Waals surface area contributed by atoms with Gasteiger partial charge in [-0.15, -0.1) is 12.3 Å². The Labute approximate surface area is 132 Å². The fourth-order valence-corrected chi connectivity index (χ4v) is 1.85. The minimum absolute atomic E-state index is 0.0175. The van der Waals surface area contributed by atoms with Gasteiger partial charge >= 0.3 is 12.1 Å². The highest BCUT2D eigenvalue weighted by atomic mass is 19.4. The average Bonchev–Trinajstić information content (AvgIpc) is 2.52. The van der Waals surface area contributed by atoms with Crippen molar-refractivity contribution in [2.45, 2.75) is 31.5 Å². The molecule has 0 unspecified atom stereocenters. The molecule has 0 bridgehead atoms. The van der Waals surface area contributed by atoms with E-state index in [9.17, 15) is 22.8 Å². The molecule has 124 valence electrons. The summed E-state index contributed by atoms with van der Waals surface area (Å²) >= 11 is 0. The van der Waals surface area contributed by atoms with Gasteiger partial charge in [0.2, 0.25) is 0 Å². The Morgan fingerprint density at radius 1 is 1.30 bits per heavy atom. The Morgan fingerprint density at radius 2 is 1.91 bits per heavy atom. The van der Waals surface area contributed by atoms with Gasteiger partial charge in [0.1, 0.15) is 6.04 Å². The smallest absolute Gasteiger partial charge is 0.416 e. The van der Waals surface area contributed by atoms with Crippen molar-refractivity contribution in [3.63, 3.8) is 0 Å². The first-order valence-electron chi connectivity index (χ1n) is 6.79.